The van der Waals surface area contributed by atoms with E-state index in [4.69, 9.17) is 11.6 Å². The number of pyridine rings is 1. The fraction of sp³-hybridized carbons (Fsp3) is 0.250. The molecule has 1 aliphatic heterocycles. The third-order valence-corrected chi connectivity index (χ3v) is 3.27. The number of amides is 1. The third kappa shape index (κ3) is 2.59. The molecule has 0 spiro atoms. The van der Waals surface area contributed by atoms with E-state index < -0.39 is 0 Å². The Morgan fingerprint density at radius 3 is 3.11 bits per heavy atom. The first-order chi connectivity index (χ1) is 9.22. The van der Waals surface area contributed by atoms with E-state index in [0.717, 1.165) is 11.4 Å². The summed E-state index contributed by atoms with van der Waals surface area (Å²) in [7, 11) is 0. The topological polar surface area (TPSA) is 82.7 Å². The van der Waals surface area contributed by atoms with Crippen LogP contribution in [0.15, 0.2) is 24.7 Å². The highest BCUT2D eigenvalue weighted by Gasteiger charge is 2.25. The van der Waals surface area contributed by atoms with Crippen molar-refractivity contribution in [2.75, 3.05) is 5.32 Å². The van der Waals surface area contributed by atoms with Gasteiger partial charge in [0.2, 0.25) is 5.91 Å². The lowest BCUT2D eigenvalue weighted by molar-refractivity contribution is -0.118. The lowest BCUT2D eigenvalue weighted by Gasteiger charge is -2.22. The number of aromatic amines is 1. The number of fused-ring (bicyclic) bond motifs is 1. The smallest absolute Gasteiger partial charge is 0.241 e. The van der Waals surface area contributed by atoms with Gasteiger partial charge in [0.15, 0.2) is 0 Å². The lowest BCUT2D eigenvalue weighted by Crippen LogP contribution is -2.44. The molecule has 0 bridgehead atoms. The van der Waals surface area contributed by atoms with Gasteiger partial charge in [0.1, 0.15) is 5.15 Å². The summed E-state index contributed by atoms with van der Waals surface area (Å²) >= 11 is 5.69. The molecular formula is C12H12ClN5O. The Balaban J connectivity index is 1.67. The maximum absolute atomic E-state index is 12.1. The number of hydrogen-bond acceptors (Lipinski definition) is 4. The van der Waals surface area contributed by atoms with Gasteiger partial charge in [-0.2, -0.15) is 0 Å². The molecule has 2 aromatic rings. The van der Waals surface area contributed by atoms with Crippen molar-refractivity contribution in [2.24, 2.45) is 0 Å². The molecule has 0 saturated carbocycles. The Kier molecular flexibility index (Phi) is 3.18. The van der Waals surface area contributed by atoms with Gasteiger partial charge in [0.25, 0.3) is 0 Å². The Morgan fingerprint density at radius 1 is 1.42 bits per heavy atom. The van der Waals surface area contributed by atoms with Crippen LogP contribution in [0.3, 0.4) is 0 Å². The Hall–Kier alpha value is -1.92. The molecule has 1 amide bonds. The summed E-state index contributed by atoms with van der Waals surface area (Å²) in [6.45, 7) is 0.617. The number of carbonyl (C=O) groups excluding carboxylic acids is 1. The van der Waals surface area contributed by atoms with E-state index in [9.17, 15) is 4.79 Å². The first-order valence-corrected chi connectivity index (χ1v) is 6.27. The zero-order valence-electron chi connectivity index (χ0n) is 9.98. The molecule has 2 aromatic heterocycles. The first-order valence-electron chi connectivity index (χ1n) is 5.89. The normalized spacial score (nSPS) is 17.8. The Labute approximate surface area is 114 Å². The molecule has 3 rings (SSSR count). The SMILES string of the molecule is O=C(Nc1ccc(Cl)nc1)C1Cc2nc[nH]c2CN1. The quantitative estimate of drug-likeness (QED) is 0.718. The molecule has 7 heteroatoms. The summed E-state index contributed by atoms with van der Waals surface area (Å²) in [5, 5.41) is 6.36. The number of nitrogens with one attached hydrogen (secondary N) is 3. The van der Waals surface area contributed by atoms with Gasteiger partial charge in [0.05, 0.1) is 35.6 Å². The maximum Gasteiger partial charge on any atom is 0.241 e. The van der Waals surface area contributed by atoms with Gasteiger partial charge in [-0.3, -0.25) is 10.1 Å². The number of halogens is 1. The van der Waals surface area contributed by atoms with Gasteiger partial charge in [-0.25, -0.2) is 9.97 Å². The van der Waals surface area contributed by atoms with Crippen LogP contribution in [-0.4, -0.2) is 26.9 Å². The van der Waals surface area contributed by atoms with E-state index in [1.54, 1.807) is 18.5 Å². The molecule has 0 aromatic carbocycles. The molecular weight excluding hydrogens is 266 g/mol. The van der Waals surface area contributed by atoms with Crippen LogP contribution in [0.5, 0.6) is 0 Å². The fourth-order valence-corrected chi connectivity index (χ4v) is 2.15. The third-order valence-electron chi connectivity index (χ3n) is 3.04. The minimum absolute atomic E-state index is 0.0993. The van der Waals surface area contributed by atoms with Crippen LogP contribution in [-0.2, 0) is 17.8 Å². The number of carbonyl (C=O) groups is 1. The van der Waals surface area contributed by atoms with Crippen LogP contribution in [0.1, 0.15) is 11.4 Å². The number of nitrogens with zero attached hydrogens (tertiary/aromatic N) is 2. The van der Waals surface area contributed by atoms with Gasteiger partial charge in [-0.1, -0.05) is 11.6 Å². The largest absolute Gasteiger partial charge is 0.347 e. The van der Waals surface area contributed by atoms with Crippen molar-refractivity contribution < 1.29 is 4.79 Å². The summed E-state index contributed by atoms with van der Waals surface area (Å²) in [5.41, 5.74) is 2.61. The van der Waals surface area contributed by atoms with Gasteiger partial charge in [-0.15, -0.1) is 0 Å². The number of hydrogen-bond donors (Lipinski definition) is 3. The molecule has 1 unspecified atom stereocenters. The molecule has 0 fully saturated rings. The number of H-pyrrole nitrogens is 1. The summed E-state index contributed by atoms with van der Waals surface area (Å²) in [6.07, 6.45) is 3.75. The van der Waals surface area contributed by atoms with Crippen LogP contribution in [0.4, 0.5) is 5.69 Å². The Morgan fingerprint density at radius 2 is 2.32 bits per heavy atom. The summed E-state index contributed by atoms with van der Waals surface area (Å²) in [4.78, 5) is 23.3. The van der Waals surface area contributed by atoms with E-state index in [1.807, 2.05) is 0 Å². The lowest BCUT2D eigenvalue weighted by atomic mass is 10.0. The predicted octanol–water partition coefficient (Wildman–Crippen LogP) is 1.11. The van der Waals surface area contributed by atoms with Gasteiger partial charge in [0, 0.05) is 13.0 Å². The number of rotatable bonds is 2. The summed E-state index contributed by atoms with van der Waals surface area (Å²) in [6, 6.07) is 3.07. The second kappa shape index (κ2) is 4.99. The highest BCUT2D eigenvalue weighted by Crippen LogP contribution is 2.14. The van der Waals surface area contributed by atoms with E-state index in [1.165, 1.54) is 6.20 Å². The van der Waals surface area contributed by atoms with Crippen molar-refractivity contribution in [1.82, 2.24) is 20.3 Å². The molecule has 3 heterocycles. The fourth-order valence-electron chi connectivity index (χ4n) is 2.03. The van der Waals surface area contributed by atoms with Crippen LogP contribution in [0.25, 0.3) is 0 Å². The van der Waals surface area contributed by atoms with Gasteiger partial charge >= 0.3 is 0 Å². The van der Waals surface area contributed by atoms with Crippen LogP contribution >= 0.6 is 11.6 Å². The van der Waals surface area contributed by atoms with Crippen molar-refractivity contribution in [3.05, 3.63) is 41.2 Å². The van der Waals surface area contributed by atoms with E-state index >= 15 is 0 Å². The standard InChI is InChI=1S/C12H12ClN5O/c13-11-2-1-7(4-15-11)18-12(19)9-3-8-10(5-14-9)17-6-16-8/h1-2,4,6,9,14H,3,5H2,(H,16,17)(H,18,19). The summed E-state index contributed by atoms with van der Waals surface area (Å²) < 4.78 is 0. The average Bonchev–Trinajstić information content (AvgIpc) is 2.88. The van der Waals surface area contributed by atoms with Crippen LogP contribution < -0.4 is 10.6 Å². The van der Waals surface area contributed by atoms with E-state index in [-0.39, 0.29) is 11.9 Å². The molecule has 3 N–H and O–H groups in total. The van der Waals surface area contributed by atoms with Crippen molar-refractivity contribution in [3.63, 3.8) is 0 Å². The Bertz CT molecular complexity index is 594. The van der Waals surface area contributed by atoms with E-state index in [0.29, 0.717) is 23.8 Å². The van der Waals surface area contributed by atoms with E-state index in [2.05, 4.69) is 25.6 Å². The molecule has 0 aliphatic carbocycles. The minimum Gasteiger partial charge on any atom is -0.347 e. The maximum atomic E-state index is 12.1. The molecule has 0 radical (unpaired) electrons. The monoisotopic (exact) mass is 277 g/mol. The molecule has 6 nitrogen and oxygen atoms in total. The van der Waals surface area contributed by atoms with Crippen molar-refractivity contribution in [3.8, 4) is 0 Å². The number of anilines is 1. The predicted molar refractivity (Wildman–Crippen MR) is 70.8 cm³/mol. The van der Waals surface area contributed by atoms with Gasteiger partial charge in [-0.05, 0) is 12.1 Å². The van der Waals surface area contributed by atoms with Crippen molar-refractivity contribution in [1.29, 1.82) is 0 Å². The number of imidazole rings is 1. The van der Waals surface area contributed by atoms with Crippen LogP contribution in [0.2, 0.25) is 5.15 Å². The van der Waals surface area contributed by atoms with Gasteiger partial charge < -0.3 is 10.3 Å². The average molecular weight is 278 g/mol. The van der Waals surface area contributed by atoms with Crippen molar-refractivity contribution >= 4 is 23.2 Å². The zero-order chi connectivity index (χ0) is 13.2. The number of aromatic nitrogens is 3. The zero-order valence-corrected chi connectivity index (χ0v) is 10.7. The second-order valence-corrected chi connectivity index (χ2v) is 4.71. The first kappa shape index (κ1) is 12.1. The molecule has 1 atom stereocenters. The van der Waals surface area contributed by atoms with Crippen molar-refractivity contribution in [2.45, 2.75) is 19.0 Å². The minimum atomic E-state index is -0.286. The highest BCUT2D eigenvalue weighted by molar-refractivity contribution is 6.29. The second-order valence-electron chi connectivity index (χ2n) is 4.32. The van der Waals surface area contributed by atoms with Crippen LogP contribution in [0, 0.1) is 0 Å². The molecule has 19 heavy (non-hydrogen) atoms. The summed E-state index contributed by atoms with van der Waals surface area (Å²) in [5.74, 6) is -0.0993. The highest BCUT2D eigenvalue weighted by atomic mass is 35.5. The molecule has 1 aliphatic rings. The molecule has 98 valence electrons. The molecule has 0 saturated heterocycles.